The van der Waals surface area contributed by atoms with E-state index in [0.29, 0.717) is 33.5 Å². The van der Waals surface area contributed by atoms with Crippen molar-refractivity contribution in [3.05, 3.63) is 87.7 Å². The second-order valence-corrected chi connectivity index (χ2v) is 6.73. The molecule has 0 bridgehead atoms. The summed E-state index contributed by atoms with van der Waals surface area (Å²) in [5.74, 6) is -0.195. The number of hydrogen-bond acceptors (Lipinski definition) is 3. The molecule has 6 heteroatoms. The van der Waals surface area contributed by atoms with Crippen molar-refractivity contribution in [3.8, 4) is 0 Å². The zero-order valence-corrected chi connectivity index (χ0v) is 15.6. The average molecular weight is 386 g/mol. The largest absolute Gasteiger partial charge is 0.353 e. The summed E-state index contributed by atoms with van der Waals surface area (Å²) in [6.07, 6.45) is 3.14. The number of aryl methyl sites for hydroxylation is 1. The Morgan fingerprint density at radius 3 is 2.73 bits per heavy atom. The Kier molecular flexibility index (Phi) is 5.76. The lowest BCUT2D eigenvalue weighted by Gasteiger charge is -2.10. The molecule has 0 aliphatic rings. The number of carbonyl (C=O) groups excluding carboxylic acids is 1. The van der Waals surface area contributed by atoms with Crippen molar-refractivity contribution < 1.29 is 4.79 Å². The quantitative estimate of drug-likeness (QED) is 0.620. The summed E-state index contributed by atoms with van der Waals surface area (Å²) >= 11 is 12.2. The van der Waals surface area contributed by atoms with Gasteiger partial charge in [-0.1, -0.05) is 53.0 Å². The van der Waals surface area contributed by atoms with Crippen LogP contribution in [0, 0.1) is 6.92 Å². The SMILES string of the molecule is Cc1cccc(CNC(=O)c2cncc(Nc3cc(Cl)ccc3Cl)c2)c1. The summed E-state index contributed by atoms with van der Waals surface area (Å²) in [6.45, 7) is 2.48. The zero-order valence-electron chi connectivity index (χ0n) is 14.1. The highest BCUT2D eigenvalue weighted by Gasteiger charge is 2.08. The zero-order chi connectivity index (χ0) is 18.5. The molecule has 0 saturated heterocycles. The maximum absolute atomic E-state index is 12.4. The van der Waals surface area contributed by atoms with Crippen LogP contribution in [0.3, 0.4) is 0 Å². The van der Waals surface area contributed by atoms with E-state index in [1.54, 1.807) is 30.5 Å². The molecule has 1 amide bonds. The van der Waals surface area contributed by atoms with Gasteiger partial charge in [-0.2, -0.15) is 0 Å². The van der Waals surface area contributed by atoms with Gasteiger partial charge in [0.05, 0.1) is 28.2 Å². The van der Waals surface area contributed by atoms with E-state index in [4.69, 9.17) is 23.2 Å². The Morgan fingerprint density at radius 1 is 1.08 bits per heavy atom. The average Bonchev–Trinajstić information content (AvgIpc) is 2.63. The van der Waals surface area contributed by atoms with Gasteiger partial charge in [-0.3, -0.25) is 9.78 Å². The maximum Gasteiger partial charge on any atom is 0.253 e. The molecule has 0 radical (unpaired) electrons. The Morgan fingerprint density at radius 2 is 1.92 bits per heavy atom. The first-order chi connectivity index (χ1) is 12.5. The van der Waals surface area contributed by atoms with Crippen LogP contribution < -0.4 is 10.6 Å². The number of amides is 1. The fourth-order valence-electron chi connectivity index (χ4n) is 2.49. The highest BCUT2D eigenvalue weighted by molar-refractivity contribution is 6.35. The predicted octanol–water partition coefficient (Wildman–Crippen LogP) is 5.37. The third kappa shape index (κ3) is 4.75. The summed E-state index contributed by atoms with van der Waals surface area (Å²) in [4.78, 5) is 16.5. The molecular weight excluding hydrogens is 369 g/mol. The van der Waals surface area contributed by atoms with Crippen LogP contribution in [0.5, 0.6) is 0 Å². The fourth-order valence-corrected chi connectivity index (χ4v) is 2.82. The molecule has 26 heavy (non-hydrogen) atoms. The lowest BCUT2D eigenvalue weighted by Crippen LogP contribution is -2.23. The minimum Gasteiger partial charge on any atom is -0.353 e. The first-order valence-electron chi connectivity index (χ1n) is 8.02. The first kappa shape index (κ1) is 18.2. The Labute approximate surface area is 162 Å². The number of pyridine rings is 1. The number of aromatic nitrogens is 1. The van der Waals surface area contributed by atoms with Crippen LogP contribution >= 0.6 is 23.2 Å². The molecule has 4 nitrogen and oxygen atoms in total. The number of anilines is 2. The third-order valence-electron chi connectivity index (χ3n) is 3.74. The summed E-state index contributed by atoms with van der Waals surface area (Å²) in [5.41, 5.74) is 3.96. The van der Waals surface area contributed by atoms with E-state index in [0.717, 1.165) is 11.1 Å². The summed E-state index contributed by atoms with van der Waals surface area (Å²) < 4.78 is 0. The van der Waals surface area contributed by atoms with Crippen molar-refractivity contribution in [2.24, 2.45) is 0 Å². The molecule has 3 rings (SSSR count). The van der Waals surface area contributed by atoms with Gasteiger partial charge in [0, 0.05) is 17.8 Å². The van der Waals surface area contributed by atoms with Crippen molar-refractivity contribution in [3.63, 3.8) is 0 Å². The smallest absolute Gasteiger partial charge is 0.253 e. The number of hydrogen-bond donors (Lipinski definition) is 2. The minimum atomic E-state index is -0.195. The minimum absolute atomic E-state index is 0.195. The van der Waals surface area contributed by atoms with Gasteiger partial charge in [0.2, 0.25) is 0 Å². The summed E-state index contributed by atoms with van der Waals surface area (Å²) in [5, 5.41) is 7.13. The van der Waals surface area contributed by atoms with E-state index in [1.165, 1.54) is 6.20 Å². The molecule has 2 aromatic carbocycles. The number of rotatable bonds is 5. The van der Waals surface area contributed by atoms with E-state index in [9.17, 15) is 4.79 Å². The van der Waals surface area contributed by atoms with Gasteiger partial charge in [0.1, 0.15) is 0 Å². The lowest BCUT2D eigenvalue weighted by atomic mass is 10.1. The normalized spacial score (nSPS) is 10.4. The van der Waals surface area contributed by atoms with E-state index < -0.39 is 0 Å². The van der Waals surface area contributed by atoms with Gasteiger partial charge in [-0.25, -0.2) is 0 Å². The van der Waals surface area contributed by atoms with Crippen LogP contribution in [0.15, 0.2) is 60.9 Å². The van der Waals surface area contributed by atoms with Crippen LogP contribution in [-0.2, 0) is 6.54 Å². The van der Waals surface area contributed by atoms with Crippen molar-refractivity contribution in [2.75, 3.05) is 5.32 Å². The van der Waals surface area contributed by atoms with Crippen molar-refractivity contribution >= 4 is 40.5 Å². The monoisotopic (exact) mass is 385 g/mol. The first-order valence-corrected chi connectivity index (χ1v) is 8.78. The molecule has 0 spiro atoms. The number of carbonyl (C=O) groups is 1. The van der Waals surface area contributed by atoms with Crippen LogP contribution in [0.2, 0.25) is 10.0 Å². The van der Waals surface area contributed by atoms with Gasteiger partial charge in [0.15, 0.2) is 0 Å². The maximum atomic E-state index is 12.4. The fraction of sp³-hybridized carbons (Fsp3) is 0.100. The molecule has 0 fully saturated rings. The standard InChI is InChI=1S/C20H17Cl2N3O/c1-13-3-2-4-14(7-13)10-24-20(26)15-8-17(12-23-11-15)25-19-9-16(21)5-6-18(19)22/h2-9,11-12,25H,10H2,1H3,(H,24,26). The second kappa shape index (κ2) is 8.21. The molecule has 1 aromatic heterocycles. The molecule has 0 saturated carbocycles. The molecule has 1 heterocycles. The summed E-state index contributed by atoms with van der Waals surface area (Å²) in [7, 11) is 0. The van der Waals surface area contributed by atoms with Crippen LogP contribution in [0.25, 0.3) is 0 Å². The second-order valence-electron chi connectivity index (χ2n) is 5.88. The summed E-state index contributed by atoms with van der Waals surface area (Å²) in [6, 6.07) is 14.9. The molecule has 132 valence electrons. The van der Waals surface area contributed by atoms with Gasteiger partial charge < -0.3 is 10.6 Å². The molecule has 2 N–H and O–H groups in total. The Bertz CT molecular complexity index is 944. The predicted molar refractivity (Wildman–Crippen MR) is 106 cm³/mol. The highest BCUT2D eigenvalue weighted by atomic mass is 35.5. The van der Waals surface area contributed by atoms with Crippen molar-refractivity contribution in [2.45, 2.75) is 13.5 Å². The van der Waals surface area contributed by atoms with Gasteiger partial charge in [-0.15, -0.1) is 0 Å². The van der Waals surface area contributed by atoms with Gasteiger partial charge in [-0.05, 0) is 36.8 Å². The third-order valence-corrected chi connectivity index (χ3v) is 4.31. The van der Waals surface area contributed by atoms with E-state index in [-0.39, 0.29) is 5.91 Å². The molecule has 0 atom stereocenters. The Balaban J connectivity index is 1.70. The van der Waals surface area contributed by atoms with Crippen LogP contribution in [0.1, 0.15) is 21.5 Å². The number of benzene rings is 2. The van der Waals surface area contributed by atoms with Gasteiger partial charge in [0.25, 0.3) is 5.91 Å². The van der Waals surface area contributed by atoms with Crippen LogP contribution in [0.4, 0.5) is 11.4 Å². The Hall–Kier alpha value is -2.56. The van der Waals surface area contributed by atoms with Crippen LogP contribution in [-0.4, -0.2) is 10.9 Å². The number of nitrogens with zero attached hydrogens (tertiary/aromatic N) is 1. The van der Waals surface area contributed by atoms with E-state index in [1.807, 2.05) is 31.2 Å². The molecular formula is C20H17Cl2N3O. The highest BCUT2D eigenvalue weighted by Crippen LogP contribution is 2.28. The number of halogens is 2. The molecule has 0 aliphatic carbocycles. The number of nitrogens with one attached hydrogen (secondary N) is 2. The lowest BCUT2D eigenvalue weighted by molar-refractivity contribution is 0.0950. The molecule has 0 unspecified atom stereocenters. The molecule has 0 aliphatic heterocycles. The van der Waals surface area contributed by atoms with Gasteiger partial charge >= 0.3 is 0 Å². The van der Waals surface area contributed by atoms with Crippen molar-refractivity contribution in [1.29, 1.82) is 0 Å². The van der Waals surface area contributed by atoms with E-state index >= 15 is 0 Å². The van der Waals surface area contributed by atoms with Crippen molar-refractivity contribution in [1.82, 2.24) is 10.3 Å². The van der Waals surface area contributed by atoms with E-state index in [2.05, 4.69) is 15.6 Å². The molecule has 3 aromatic rings. The topological polar surface area (TPSA) is 54.0 Å².